The van der Waals surface area contributed by atoms with Crippen LogP contribution >= 0.6 is 11.6 Å². The summed E-state index contributed by atoms with van der Waals surface area (Å²) in [6, 6.07) is 2.26. The van der Waals surface area contributed by atoms with Gasteiger partial charge in [-0.3, -0.25) is 14.0 Å². The highest BCUT2D eigenvalue weighted by Crippen LogP contribution is 2.41. The third-order valence-electron chi connectivity index (χ3n) is 7.05. The summed E-state index contributed by atoms with van der Waals surface area (Å²) in [6.07, 6.45) is 7.11. The van der Waals surface area contributed by atoms with Gasteiger partial charge in [0, 0.05) is 30.9 Å². The molecule has 32 heavy (non-hydrogen) atoms. The summed E-state index contributed by atoms with van der Waals surface area (Å²) < 4.78 is 1.79. The molecule has 0 unspecified atom stereocenters. The number of hydrogen-bond donors (Lipinski definition) is 1. The van der Waals surface area contributed by atoms with E-state index in [1.165, 1.54) is 5.56 Å². The lowest BCUT2D eigenvalue weighted by molar-refractivity contribution is -0.138. The Hall–Kier alpha value is -2.38. The predicted octanol–water partition coefficient (Wildman–Crippen LogP) is 3.49. The third-order valence-corrected chi connectivity index (χ3v) is 7.41. The molecule has 8 heteroatoms. The van der Waals surface area contributed by atoms with Crippen molar-refractivity contribution in [2.75, 3.05) is 19.6 Å². The molecule has 0 atom stereocenters. The topological polar surface area (TPSA) is 78.1 Å². The number of hydrogen-bond acceptors (Lipinski definition) is 4. The molecule has 3 fully saturated rings. The van der Waals surface area contributed by atoms with E-state index in [-0.39, 0.29) is 41.4 Å². The molecule has 7 nitrogen and oxygen atoms in total. The number of pyridine rings is 1. The number of imidazole rings is 1. The zero-order valence-corrected chi connectivity index (χ0v) is 19.1. The molecular formula is C24H29ClN4O3. The molecule has 2 saturated carbocycles. The molecule has 1 aliphatic heterocycles. The normalized spacial score (nSPS) is 24.3. The van der Waals surface area contributed by atoms with Crippen LogP contribution in [0.3, 0.4) is 0 Å². The van der Waals surface area contributed by atoms with Gasteiger partial charge in [-0.1, -0.05) is 18.2 Å². The number of nitrogens with zero attached hydrogens (tertiary/aromatic N) is 4. The zero-order chi connectivity index (χ0) is 22.6. The van der Waals surface area contributed by atoms with Crippen molar-refractivity contribution in [2.45, 2.75) is 63.5 Å². The maximum atomic E-state index is 13.3. The van der Waals surface area contributed by atoms with Crippen LogP contribution in [0.4, 0.5) is 0 Å². The van der Waals surface area contributed by atoms with Gasteiger partial charge in [0.2, 0.25) is 5.91 Å². The van der Waals surface area contributed by atoms with Gasteiger partial charge in [0.05, 0.1) is 6.10 Å². The van der Waals surface area contributed by atoms with E-state index in [0.29, 0.717) is 24.7 Å². The number of halogens is 1. The van der Waals surface area contributed by atoms with E-state index >= 15 is 0 Å². The van der Waals surface area contributed by atoms with E-state index in [9.17, 15) is 14.7 Å². The van der Waals surface area contributed by atoms with Gasteiger partial charge in [0.15, 0.2) is 5.69 Å². The second kappa shape index (κ2) is 8.19. The van der Waals surface area contributed by atoms with Gasteiger partial charge in [0.1, 0.15) is 17.3 Å². The molecule has 2 aromatic rings. The fourth-order valence-corrected chi connectivity index (χ4v) is 5.25. The third kappa shape index (κ3) is 3.82. The first-order chi connectivity index (χ1) is 15.3. The molecule has 3 heterocycles. The number of aliphatic hydroxyl groups is 1. The van der Waals surface area contributed by atoms with Gasteiger partial charge < -0.3 is 14.9 Å². The molecule has 0 bridgehead atoms. The molecule has 0 aromatic carbocycles. The first kappa shape index (κ1) is 21.5. The molecule has 1 saturated heterocycles. The van der Waals surface area contributed by atoms with E-state index in [4.69, 9.17) is 11.6 Å². The van der Waals surface area contributed by atoms with Crippen LogP contribution < -0.4 is 0 Å². The molecule has 170 valence electrons. The Kier molecular flexibility index (Phi) is 5.50. The monoisotopic (exact) mass is 456 g/mol. The van der Waals surface area contributed by atoms with Crippen LogP contribution in [0.5, 0.6) is 0 Å². The molecule has 0 spiro atoms. The Balaban J connectivity index is 1.38. The summed E-state index contributed by atoms with van der Waals surface area (Å²) >= 11 is 6.65. The van der Waals surface area contributed by atoms with Crippen molar-refractivity contribution in [3.05, 3.63) is 40.8 Å². The summed E-state index contributed by atoms with van der Waals surface area (Å²) in [7, 11) is 0. The molecule has 2 amide bonds. The lowest BCUT2D eigenvalue weighted by Gasteiger charge is -2.41. The first-order valence-corrected chi connectivity index (χ1v) is 11.9. The lowest BCUT2D eigenvalue weighted by atomic mass is 9.91. The fraction of sp³-hybridized carbons (Fsp3) is 0.542. The Morgan fingerprint density at radius 1 is 1.19 bits per heavy atom. The molecular weight excluding hydrogens is 428 g/mol. The van der Waals surface area contributed by atoms with Gasteiger partial charge in [-0.15, -0.1) is 0 Å². The molecule has 5 rings (SSSR count). The lowest BCUT2D eigenvalue weighted by Crippen LogP contribution is -2.56. The van der Waals surface area contributed by atoms with Crippen molar-refractivity contribution in [1.29, 1.82) is 0 Å². The maximum Gasteiger partial charge on any atom is 0.276 e. The van der Waals surface area contributed by atoms with Crippen LogP contribution in [0, 0.1) is 0 Å². The minimum atomic E-state index is -0.314. The van der Waals surface area contributed by atoms with Crippen LogP contribution in [0.25, 0.3) is 11.2 Å². The second-order valence-corrected chi connectivity index (χ2v) is 9.82. The first-order valence-electron chi connectivity index (χ1n) is 11.5. The summed E-state index contributed by atoms with van der Waals surface area (Å²) in [5.41, 5.74) is 3.77. The van der Waals surface area contributed by atoms with Gasteiger partial charge in [-0.25, -0.2) is 4.98 Å². The van der Waals surface area contributed by atoms with Gasteiger partial charge >= 0.3 is 0 Å². The highest BCUT2D eigenvalue weighted by Gasteiger charge is 2.35. The van der Waals surface area contributed by atoms with E-state index in [1.807, 2.05) is 18.0 Å². The summed E-state index contributed by atoms with van der Waals surface area (Å²) in [4.78, 5) is 34.2. The van der Waals surface area contributed by atoms with E-state index in [2.05, 4.69) is 17.6 Å². The number of allylic oxidation sites excluding steroid dienone is 1. The highest BCUT2D eigenvalue weighted by molar-refractivity contribution is 6.33. The van der Waals surface area contributed by atoms with Crippen LogP contribution in [0.1, 0.15) is 73.0 Å². The van der Waals surface area contributed by atoms with Gasteiger partial charge in [-0.2, -0.15) is 0 Å². The zero-order valence-electron chi connectivity index (χ0n) is 18.4. The smallest absolute Gasteiger partial charge is 0.276 e. The van der Waals surface area contributed by atoms with E-state index in [0.717, 1.165) is 49.7 Å². The summed E-state index contributed by atoms with van der Waals surface area (Å²) in [5.74, 6) is 0.164. The average molecular weight is 457 g/mol. The van der Waals surface area contributed by atoms with Crippen LogP contribution in [-0.4, -0.2) is 67.9 Å². The highest BCUT2D eigenvalue weighted by atomic mass is 35.5. The number of aromatic nitrogens is 2. The number of carbonyl (C=O) groups is 2. The number of fused-ring (bicyclic) bond motifs is 1. The molecule has 2 aromatic heterocycles. The standard InChI is InChI=1S/C24H29ClN4O3/c1-14(2)19-11-16(15-3-4-15)12-29-22(25)21(26-23(19)29)24(32)27-9-10-28(20(31)13-27)17-5-7-18(30)8-6-17/h11-12,15,17-18,30H,1,3-10,13H2,2H3. The SMILES string of the molecule is C=C(C)c1cc(C2CC2)cn2c(Cl)c(C(=O)N3CCN(C4CCC(O)CC4)C(=O)C3)nc12. The predicted molar refractivity (Wildman–Crippen MR) is 123 cm³/mol. The van der Waals surface area contributed by atoms with Crippen molar-refractivity contribution in [3.8, 4) is 0 Å². The molecule has 1 N–H and O–H groups in total. The number of aliphatic hydroxyl groups excluding tert-OH is 1. The Bertz CT molecular complexity index is 1100. The maximum absolute atomic E-state index is 13.3. The van der Waals surface area contributed by atoms with Crippen molar-refractivity contribution in [1.82, 2.24) is 19.2 Å². The summed E-state index contributed by atoms with van der Waals surface area (Å²) in [5, 5.41) is 10.0. The molecule has 0 radical (unpaired) electrons. The van der Waals surface area contributed by atoms with Crippen molar-refractivity contribution >= 4 is 34.6 Å². The summed E-state index contributed by atoms with van der Waals surface area (Å²) in [6.45, 7) is 6.99. The van der Waals surface area contributed by atoms with E-state index < -0.39 is 0 Å². The van der Waals surface area contributed by atoms with Gasteiger partial charge in [0.25, 0.3) is 5.91 Å². The Morgan fingerprint density at radius 3 is 2.53 bits per heavy atom. The number of rotatable bonds is 4. The average Bonchev–Trinajstić information content (AvgIpc) is 3.57. The largest absolute Gasteiger partial charge is 0.393 e. The van der Waals surface area contributed by atoms with Crippen molar-refractivity contribution < 1.29 is 14.7 Å². The quantitative estimate of drug-likeness (QED) is 0.763. The van der Waals surface area contributed by atoms with Crippen LogP contribution in [-0.2, 0) is 4.79 Å². The molecule has 3 aliphatic rings. The van der Waals surface area contributed by atoms with Crippen molar-refractivity contribution in [3.63, 3.8) is 0 Å². The van der Waals surface area contributed by atoms with E-state index in [1.54, 1.807) is 9.30 Å². The molecule has 2 aliphatic carbocycles. The number of amides is 2. The second-order valence-electron chi connectivity index (χ2n) is 9.46. The number of carbonyl (C=O) groups excluding carboxylic acids is 2. The minimum Gasteiger partial charge on any atom is -0.393 e. The minimum absolute atomic E-state index is 0.0305. The van der Waals surface area contributed by atoms with Gasteiger partial charge in [-0.05, 0) is 68.6 Å². The Labute approximate surface area is 192 Å². The van der Waals surface area contributed by atoms with Crippen LogP contribution in [0.2, 0.25) is 5.15 Å². The van der Waals surface area contributed by atoms with Crippen molar-refractivity contribution in [2.24, 2.45) is 0 Å². The Morgan fingerprint density at radius 2 is 1.91 bits per heavy atom. The van der Waals surface area contributed by atoms with Crippen LogP contribution in [0.15, 0.2) is 18.8 Å². The number of piperazine rings is 1. The fourth-order valence-electron chi connectivity index (χ4n) is 4.99.